The first kappa shape index (κ1) is 11.0. The molecule has 1 heterocycles. The van der Waals surface area contributed by atoms with Gasteiger partial charge in [0.1, 0.15) is 0 Å². The van der Waals surface area contributed by atoms with Crippen LogP contribution in [0.4, 0.5) is 0 Å². The number of nitrogens with zero attached hydrogens (tertiary/aromatic N) is 2. The van der Waals surface area contributed by atoms with Crippen molar-refractivity contribution >= 4 is 22.8 Å². The number of hydrogen-bond acceptors (Lipinski definition) is 3. The van der Waals surface area contributed by atoms with E-state index in [1.165, 1.54) is 11.8 Å². The zero-order valence-corrected chi connectivity index (χ0v) is 9.25. The molecule has 0 fully saturated rings. The van der Waals surface area contributed by atoms with Gasteiger partial charge in [-0.25, -0.2) is 0 Å². The average Bonchev–Trinajstić information content (AvgIpc) is 2.65. The van der Waals surface area contributed by atoms with E-state index in [0.29, 0.717) is 6.54 Å². The Morgan fingerprint density at radius 2 is 2.36 bits per heavy atom. The fraction of sp³-hybridized carbons (Fsp3) is 0.400. The summed E-state index contributed by atoms with van der Waals surface area (Å²) >= 11 is 1.51. The maximum Gasteiger partial charge on any atom is 0.252 e. The van der Waals surface area contributed by atoms with Crippen LogP contribution in [0.1, 0.15) is 6.92 Å². The van der Waals surface area contributed by atoms with Crippen LogP contribution < -0.4 is 0 Å². The molecule has 0 saturated carbocycles. The van der Waals surface area contributed by atoms with Crippen LogP contribution in [0, 0.1) is 0 Å². The lowest BCUT2D eigenvalue weighted by Crippen LogP contribution is -2.31. The third-order valence-corrected chi connectivity index (χ3v) is 2.51. The van der Waals surface area contributed by atoms with Crippen LogP contribution in [0.25, 0.3) is 0 Å². The maximum absolute atomic E-state index is 11.6. The minimum absolute atomic E-state index is 0.00806. The number of allylic oxidation sites excluding steroid dienone is 3. The second-order valence-corrected chi connectivity index (χ2v) is 3.52. The van der Waals surface area contributed by atoms with Gasteiger partial charge in [-0.05, 0) is 13.2 Å². The van der Waals surface area contributed by atoms with Crippen LogP contribution in [0.2, 0.25) is 0 Å². The van der Waals surface area contributed by atoms with E-state index < -0.39 is 0 Å². The van der Waals surface area contributed by atoms with Crippen LogP contribution in [0.15, 0.2) is 29.3 Å². The fourth-order valence-electron chi connectivity index (χ4n) is 1.14. The topological polar surface area (TPSA) is 32.7 Å². The smallest absolute Gasteiger partial charge is 0.252 e. The summed E-state index contributed by atoms with van der Waals surface area (Å²) in [4.78, 5) is 17.5. The second kappa shape index (κ2) is 5.65. The van der Waals surface area contributed by atoms with Crippen molar-refractivity contribution in [1.29, 1.82) is 0 Å². The highest BCUT2D eigenvalue weighted by atomic mass is 32.2. The van der Waals surface area contributed by atoms with Crippen molar-refractivity contribution in [3.8, 4) is 0 Å². The zero-order valence-electron chi connectivity index (χ0n) is 8.43. The predicted molar refractivity (Wildman–Crippen MR) is 61.5 cm³/mol. The summed E-state index contributed by atoms with van der Waals surface area (Å²) in [6, 6.07) is 0. The van der Waals surface area contributed by atoms with Crippen molar-refractivity contribution in [3.05, 3.63) is 24.3 Å². The summed E-state index contributed by atoms with van der Waals surface area (Å²) in [5.41, 5.74) is 0. The van der Waals surface area contributed by atoms with E-state index in [1.54, 1.807) is 17.1 Å². The molecule has 0 aromatic heterocycles. The zero-order chi connectivity index (χ0) is 10.4. The molecule has 1 rings (SSSR count). The number of aliphatic imine (C=N–C) groups is 1. The molecule has 0 unspecified atom stereocenters. The molecule has 0 spiro atoms. The van der Waals surface area contributed by atoms with E-state index in [2.05, 4.69) is 4.99 Å². The summed E-state index contributed by atoms with van der Waals surface area (Å²) < 4.78 is 0. The van der Waals surface area contributed by atoms with E-state index in [-0.39, 0.29) is 5.91 Å². The van der Waals surface area contributed by atoms with Crippen molar-refractivity contribution in [2.24, 2.45) is 4.99 Å². The molecule has 0 N–H and O–H groups in total. The van der Waals surface area contributed by atoms with Crippen LogP contribution in [-0.4, -0.2) is 35.3 Å². The van der Waals surface area contributed by atoms with Crippen LogP contribution in [0.5, 0.6) is 0 Å². The Bertz CT molecular complexity index is 294. The molecule has 3 nitrogen and oxygen atoms in total. The first-order valence-electron chi connectivity index (χ1n) is 4.49. The van der Waals surface area contributed by atoms with Gasteiger partial charge in [-0.3, -0.25) is 14.7 Å². The van der Waals surface area contributed by atoms with E-state index in [9.17, 15) is 4.79 Å². The van der Waals surface area contributed by atoms with Crippen molar-refractivity contribution in [2.75, 3.05) is 19.3 Å². The maximum atomic E-state index is 11.6. The Hall–Kier alpha value is -1.03. The molecular formula is C10H14N2OS. The molecule has 0 aliphatic carbocycles. The SMILES string of the molecule is CC=C/C=C/C(=O)N1CCN=C1SC. The first-order valence-corrected chi connectivity index (χ1v) is 5.71. The highest BCUT2D eigenvalue weighted by Crippen LogP contribution is 2.11. The van der Waals surface area contributed by atoms with Crippen LogP contribution >= 0.6 is 11.8 Å². The van der Waals surface area contributed by atoms with Gasteiger partial charge in [-0.2, -0.15) is 0 Å². The van der Waals surface area contributed by atoms with Gasteiger partial charge in [-0.1, -0.05) is 30.0 Å². The minimum atomic E-state index is 0.00806. The minimum Gasteiger partial charge on any atom is -0.286 e. The van der Waals surface area contributed by atoms with Gasteiger partial charge >= 0.3 is 0 Å². The van der Waals surface area contributed by atoms with Gasteiger partial charge in [0.05, 0.1) is 6.54 Å². The third kappa shape index (κ3) is 2.73. The lowest BCUT2D eigenvalue weighted by molar-refractivity contribution is -0.121. The van der Waals surface area contributed by atoms with Crippen LogP contribution in [0.3, 0.4) is 0 Å². The molecule has 1 aliphatic rings. The van der Waals surface area contributed by atoms with Crippen molar-refractivity contribution in [3.63, 3.8) is 0 Å². The number of carbonyl (C=O) groups excluding carboxylic acids is 1. The number of amides is 1. The monoisotopic (exact) mass is 210 g/mol. The fourth-order valence-corrected chi connectivity index (χ4v) is 1.77. The average molecular weight is 210 g/mol. The summed E-state index contributed by atoms with van der Waals surface area (Å²) in [5, 5.41) is 0.820. The van der Waals surface area contributed by atoms with E-state index in [0.717, 1.165) is 11.7 Å². The molecule has 0 aromatic carbocycles. The van der Waals surface area contributed by atoms with Gasteiger partial charge in [-0.15, -0.1) is 0 Å². The molecule has 0 bridgehead atoms. The summed E-state index contributed by atoms with van der Waals surface area (Å²) in [6.07, 6.45) is 8.97. The highest BCUT2D eigenvalue weighted by molar-refractivity contribution is 8.13. The van der Waals surface area contributed by atoms with Gasteiger partial charge in [0, 0.05) is 12.6 Å². The summed E-state index contributed by atoms with van der Waals surface area (Å²) in [5.74, 6) is 0.00806. The number of hydrogen-bond donors (Lipinski definition) is 0. The summed E-state index contributed by atoms with van der Waals surface area (Å²) in [6.45, 7) is 3.34. The Morgan fingerprint density at radius 1 is 1.57 bits per heavy atom. The van der Waals surface area contributed by atoms with Gasteiger partial charge in [0.2, 0.25) is 0 Å². The van der Waals surface area contributed by atoms with Gasteiger partial charge in [0.15, 0.2) is 5.17 Å². The number of thioether (sulfide) groups is 1. The molecule has 0 saturated heterocycles. The molecule has 1 aliphatic heterocycles. The largest absolute Gasteiger partial charge is 0.286 e. The predicted octanol–water partition coefficient (Wildman–Crippen LogP) is 1.68. The highest BCUT2D eigenvalue weighted by Gasteiger charge is 2.20. The summed E-state index contributed by atoms with van der Waals surface area (Å²) in [7, 11) is 0. The van der Waals surface area contributed by atoms with E-state index >= 15 is 0 Å². The Balaban J connectivity index is 2.57. The van der Waals surface area contributed by atoms with Crippen molar-refractivity contribution < 1.29 is 4.79 Å². The molecule has 76 valence electrons. The quantitative estimate of drug-likeness (QED) is 0.513. The Kier molecular flexibility index (Phi) is 4.46. The van der Waals surface area contributed by atoms with Gasteiger partial charge in [0.25, 0.3) is 5.91 Å². The van der Waals surface area contributed by atoms with Crippen molar-refractivity contribution in [2.45, 2.75) is 6.92 Å². The second-order valence-electron chi connectivity index (χ2n) is 2.74. The molecule has 0 aromatic rings. The van der Waals surface area contributed by atoms with Gasteiger partial charge < -0.3 is 0 Å². The van der Waals surface area contributed by atoms with E-state index in [1.807, 2.05) is 25.3 Å². The number of amidine groups is 1. The van der Waals surface area contributed by atoms with Crippen LogP contribution in [-0.2, 0) is 4.79 Å². The molecule has 1 amide bonds. The number of carbonyl (C=O) groups is 1. The standard InChI is InChI=1S/C10H14N2OS/c1-3-4-5-6-9(13)12-8-7-11-10(12)14-2/h3-6H,7-8H2,1-2H3/b4-3?,6-5+. The molecular weight excluding hydrogens is 196 g/mol. The molecule has 4 heteroatoms. The lowest BCUT2D eigenvalue weighted by atomic mass is 10.4. The normalized spacial score (nSPS) is 17.0. The lowest BCUT2D eigenvalue weighted by Gasteiger charge is -2.13. The molecule has 0 radical (unpaired) electrons. The van der Waals surface area contributed by atoms with Crippen molar-refractivity contribution in [1.82, 2.24) is 4.90 Å². The first-order chi connectivity index (χ1) is 6.79. The number of rotatable bonds is 2. The molecule has 14 heavy (non-hydrogen) atoms. The van der Waals surface area contributed by atoms with E-state index in [4.69, 9.17) is 0 Å². The third-order valence-electron chi connectivity index (χ3n) is 1.79. The Labute approximate surface area is 88.6 Å². The molecule has 0 atom stereocenters. The Morgan fingerprint density at radius 3 is 3.00 bits per heavy atom.